The Kier molecular flexibility index (Phi) is 13.5. The average molecular weight is 400 g/mol. The van der Waals surface area contributed by atoms with Gasteiger partial charge in [0.2, 0.25) is 0 Å². The Labute approximate surface area is 165 Å². The van der Waals surface area contributed by atoms with Gasteiger partial charge in [0, 0.05) is 7.11 Å². The Balaban J connectivity index is 2.32. The van der Waals surface area contributed by atoms with Gasteiger partial charge in [0.1, 0.15) is 5.75 Å². The van der Waals surface area contributed by atoms with Crippen molar-refractivity contribution in [3.05, 3.63) is 29.8 Å². The zero-order chi connectivity index (χ0) is 19.8. The molecule has 156 valence electrons. The number of phosphoric acid groups is 1. The summed E-state index contributed by atoms with van der Waals surface area (Å²) in [5.74, 6) is 0.525. The molecular weight excluding hydrogens is 363 g/mol. The van der Waals surface area contributed by atoms with Crippen LogP contribution in [-0.4, -0.2) is 25.4 Å². The third-order valence-corrected chi connectivity index (χ3v) is 5.91. The lowest BCUT2D eigenvalue weighted by Gasteiger charge is -2.18. The van der Waals surface area contributed by atoms with Gasteiger partial charge in [0.25, 0.3) is 0 Å². The summed E-state index contributed by atoms with van der Waals surface area (Å²) in [5, 5.41) is 8.85. The van der Waals surface area contributed by atoms with E-state index in [-0.39, 0.29) is 13.2 Å². The summed E-state index contributed by atoms with van der Waals surface area (Å²) >= 11 is 0. The van der Waals surface area contributed by atoms with E-state index in [0.29, 0.717) is 5.75 Å². The standard InChI is InChI=1S/C21H37O5P/c1-3-4-5-6-7-8-9-10-11-12-15-20-16-13-14-17-21(20)26-27(23,24-2)25-19-18-22/h13-14,16-17,22H,3-12,15,18-19H2,1-2H3. The van der Waals surface area contributed by atoms with Crippen molar-refractivity contribution in [2.24, 2.45) is 0 Å². The van der Waals surface area contributed by atoms with Gasteiger partial charge in [-0.3, -0.25) is 9.05 Å². The van der Waals surface area contributed by atoms with Gasteiger partial charge >= 0.3 is 7.82 Å². The third kappa shape index (κ3) is 10.9. The molecule has 1 atom stereocenters. The van der Waals surface area contributed by atoms with Gasteiger partial charge in [-0.15, -0.1) is 0 Å². The van der Waals surface area contributed by atoms with E-state index < -0.39 is 7.82 Å². The summed E-state index contributed by atoms with van der Waals surface area (Å²) in [7, 11) is -2.41. The van der Waals surface area contributed by atoms with Crippen LogP contribution in [0.4, 0.5) is 0 Å². The van der Waals surface area contributed by atoms with Crippen LogP contribution in [0, 0.1) is 0 Å². The van der Waals surface area contributed by atoms with Crippen LogP contribution >= 0.6 is 7.82 Å². The van der Waals surface area contributed by atoms with E-state index in [1.807, 2.05) is 18.2 Å². The molecule has 0 bridgehead atoms. The lowest BCUT2D eigenvalue weighted by molar-refractivity contribution is 0.142. The van der Waals surface area contributed by atoms with E-state index in [4.69, 9.17) is 18.7 Å². The van der Waals surface area contributed by atoms with Crippen LogP contribution < -0.4 is 4.52 Å². The summed E-state index contributed by atoms with van der Waals surface area (Å²) in [6, 6.07) is 7.54. The SMILES string of the molecule is CCCCCCCCCCCCc1ccccc1OP(=O)(OC)OCCO. The number of aliphatic hydroxyl groups is 1. The van der Waals surface area contributed by atoms with Gasteiger partial charge < -0.3 is 9.63 Å². The molecule has 1 N–H and O–H groups in total. The molecule has 0 aliphatic rings. The van der Waals surface area contributed by atoms with E-state index in [0.717, 1.165) is 18.4 Å². The van der Waals surface area contributed by atoms with Crippen LogP contribution in [0.15, 0.2) is 24.3 Å². The fraction of sp³-hybridized carbons (Fsp3) is 0.714. The van der Waals surface area contributed by atoms with E-state index in [1.54, 1.807) is 6.07 Å². The summed E-state index contributed by atoms with van der Waals surface area (Å²) in [6.07, 6.45) is 13.8. The lowest BCUT2D eigenvalue weighted by atomic mass is 10.0. The maximum atomic E-state index is 12.4. The molecule has 27 heavy (non-hydrogen) atoms. The van der Waals surface area contributed by atoms with Gasteiger partial charge in [-0.2, -0.15) is 0 Å². The Morgan fingerprint density at radius 3 is 2.11 bits per heavy atom. The average Bonchev–Trinajstić information content (AvgIpc) is 2.69. The minimum absolute atomic E-state index is 0.0915. The highest BCUT2D eigenvalue weighted by atomic mass is 31.2. The monoisotopic (exact) mass is 400 g/mol. The first-order valence-electron chi connectivity index (χ1n) is 10.3. The Morgan fingerprint density at radius 1 is 0.926 bits per heavy atom. The number of rotatable bonds is 17. The molecule has 0 aliphatic heterocycles. The van der Waals surface area contributed by atoms with Gasteiger partial charge in [0.05, 0.1) is 13.2 Å². The largest absolute Gasteiger partial charge is 0.529 e. The topological polar surface area (TPSA) is 65.0 Å². The highest BCUT2D eigenvalue weighted by molar-refractivity contribution is 7.48. The second kappa shape index (κ2) is 15.1. The smallest absolute Gasteiger partial charge is 0.404 e. The molecule has 1 rings (SSSR count). The van der Waals surface area contributed by atoms with Crippen LogP contribution in [0.1, 0.15) is 76.7 Å². The molecule has 5 nitrogen and oxygen atoms in total. The number of hydrogen-bond acceptors (Lipinski definition) is 5. The molecule has 0 saturated heterocycles. The first-order valence-corrected chi connectivity index (χ1v) is 11.8. The number of unbranched alkanes of at least 4 members (excludes halogenated alkanes) is 9. The molecule has 1 aromatic rings. The van der Waals surface area contributed by atoms with Gasteiger partial charge in [-0.25, -0.2) is 4.57 Å². The molecule has 1 aromatic carbocycles. The second-order valence-electron chi connectivity index (χ2n) is 6.82. The summed E-state index contributed by atoms with van der Waals surface area (Å²) in [5.41, 5.74) is 1.00. The fourth-order valence-corrected chi connectivity index (χ4v) is 3.95. The van der Waals surface area contributed by atoms with Crippen LogP contribution in [0.5, 0.6) is 5.75 Å². The third-order valence-electron chi connectivity index (χ3n) is 4.55. The van der Waals surface area contributed by atoms with Crippen molar-refractivity contribution in [3.63, 3.8) is 0 Å². The molecule has 0 radical (unpaired) electrons. The zero-order valence-electron chi connectivity index (χ0n) is 17.0. The molecular formula is C21H37O5P. The van der Waals surface area contributed by atoms with Crippen molar-refractivity contribution in [1.29, 1.82) is 0 Å². The van der Waals surface area contributed by atoms with Crippen molar-refractivity contribution in [2.75, 3.05) is 20.3 Å². The zero-order valence-corrected chi connectivity index (χ0v) is 17.9. The number of hydrogen-bond donors (Lipinski definition) is 1. The van der Waals surface area contributed by atoms with Crippen molar-refractivity contribution in [2.45, 2.75) is 77.6 Å². The number of phosphoric ester groups is 1. The molecule has 0 aliphatic carbocycles. The van der Waals surface area contributed by atoms with Crippen molar-refractivity contribution < 1.29 is 23.2 Å². The van der Waals surface area contributed by atoms with Crippen LogP contribution in [-0.2, 0) is 20.0 Å². The highest BCUT2D eigenvalue weighted by Gasteiger charge is 2.27. The van der Waals surface area contributed by atoms with Crippen molar-refractivity contribution >= 4 is 7.82 Å². The van der Waals surface area contributed by atoms with E-state index >= 15 is 0 Å². The molecule has 0 heterocycles. The summed E-state index contributed by atoms with van der Waals surface area (Å²) < 4.78 is 27.9. The Morgan fingerprint density at radius 2 is 1.52 bits per heavy atom. The minimum atomic E-state index is -3.69. The molecule has 0 saturated carbocycles. The lowest BCUT2D eigenvalue weighted by Crippen LogP contribution is -2.05. The molecule has 0 aromatic heterocycles. The van der Waals surface area contributed by atoms with Gasteiger partial charge in [-0.1, -0.05) is 82.9 Å². The highest BCUT2D eigenvalue weighted by Crippen LogP contribution is 2.49. The Hall–Kier alpha value is -0.870. The van der Waals surface area contributed by atoms with Gasteiger partial charge in [0.15, 0.2) is 0 Å². The van der Waals surface area contributed by atoms with Crippen molar-refractivity contribution in [3.8, 4) is 5.75 Å². The second-order valence-corrected chi connectivity index (χ2v) is 8.52. The van der Waals surface area contributed by atoms with Crippen LogP contribution in [0.2, 0.25) is 0 Å². The predicted octanol–water partition coefficient (Wildman–Crippen LogP) is 6.29. The molecule has 0 amide bonds. The fourth-order valence-electron chi connectivity index (χ4n) is 2.99. The summed E-state index contributed by atoms with van der Waals surface area (Å²) in [4.78, 5) is 0. The van der Waals surface area contributed by atoms with E-state index in [9.17, 15) is 4.57 Å². The number of aliphatic hydroxyl groups excluding tert-OH is 1. The minimum Gasteiger partial charge on any atom is -0.404 e. The first kappa shape index (κ1) is 24.2. The number of aryl methyl sites for hydroxylation is 1. The van der Waals surface area contributed by atoms with Crippen LogP contribution in [0.25, 0.3) is 0 Å². The molecule has 1 unspecified atom stereocenters. The Bertz CT molecular complexity index is 535. The molecule has 0 spiro atoms. The van der Waals surface area contributed by atoms with E-state index in [2.05, 4.69) is 6.92 Å². The maximum absolute atomic E-state index is 12.4. The van der Waals surface area contributed by atoms with E-state index in [1.165, 1.54) is 64.9 Å². The van der Waals surface area contributed by atoms with Crippen molar-refractivity contribution in [1.82, 2.24) is 0 Å². The summed E-state index contributed by atoms with van der Waals surface area (Å²) in [6.45, 7) is 1.92. The quantitative estimate of drug-likeness (QED) is 0.246. The van der Waals surface area contributed by atoms with Gasteiger partial charge in [-0.05, 0) is 24.5 Å². The molecule has 6 heteroatoms. The normalized spacial score (nSPS) is 13.4. The molecule has 0 fully saturated rings. The predicted molar refractivity (Wildman–Crippen MR) is 110 cm³/mol. The van der Waals surface area contributed by atoms with Crippen LogP contribution in [0.3, 0.4) is 0 Å². The number of para-hydroxylation sites is 1. The first-order chi connectivity index (χ1) is 13.1. The number of benzene rings is 1. The maximum Gasteiger partial charge on any atom is 0.529 e.